The summed E-state index contributed by atoms with van der Waals surface area (Å²) in [6.07, 6.45) is 0. The maximum absolute atomic E-state index is 11.9. The molecule has 0 bridgehead atoms. The molecule has 0 fully saturated rings. The molecule has 0 spiro atoms. The Morgan fingerprint density at radius 2 is 1.72 bits per heavy atom. The van der Waals surface area contributed by atoms with Crippen molar-refractivity contribution in [2.75, 3.05) is 0 Å². The molecule has 0 radical (unpaired) electrons. The van der Waals surface area contributed by atoms with Crippen molar-refractivity contribution >= 4 is 11.9 Å². The Hall–Kier alpha value is -1.84. The monoisotopic (exact) mass is 249 g/mol. The van der Waals surface area contributed by atoms with Gasteiger partial charge in [-0.2, -0.15) is 0 Å². The number of carboxylic acid groups (broad SMARTS) is 1. The van der Waals surface area contributed by atoms with E-state index >= 15 is 0 Å². The summed E-state index contributed by atoms with van der Waals surface area (Å²) in [5.74, 6) is -1.61. The van der Waals surface area contributed by atoms with E-state index in [0.717, 1.165) is 11.1 Å². The average Bonchev–Trinajstić information content (AvgIpc) is 2.29. The molecule has 0 aromatic heterocycles. The van der Waals surface area contributed by atoms with E-state index in [1.165, 1.54) is 13.8 Å². The predicted molar refractivity (Wildman–Crippen MR) is 69.2 cm³/mol. The van der Waals surface area contributed by atoms with E-state index in [0.29, 0.717) is 0 Å². The van der Waals surface area contributed by atoms with Gasteiger partial charge >= 0.3 is 5.97 Å². The van der Waals surface area contributed by atoms with Gasteiger partial charge in [-0.3, -0.25) is 9.59 Å². The Bertz CT molecular complexity index is 449. The van der Waals surface area contributed by atoms with Crippen LogP contribution in [0.3, 0.4) is 0 Å². The molecule has 0 saturated heterocycles. The summed E-state index contributed by atoms with van der Waals surface area (Å²) in [5, 5.41) is 11.7. The first-order chi connectivity index (χ1) is 8.25. The van der Waals surface area contributed by atoms with Crippen LogP contribution in [0.15, 0.2) is 24.3 Å². The number of benzene rings is 1. The molecule has 98 valence electrons. The van der Waals surface area contributed by atoms with E-state index in [1.807, 2.05) is 38.1 Å². The fourth-order valence-corrected chi connectivity index (χ4v) is 1.41. The molecule has 0 aliphatic rings. The van der Waals surface area contributed by atoms with Crippen LogP contribution in [-0.4, -0.2) is 17.0 Å². The lowest BCUT2D eigenvalue weighted by molar-refractivity contribution is -0.153. The number of carbonyl (C=O) groups excluding carboxylic acids is 1. The summed E-state index contributed by atoms with van der Waals surface area (Å²) < 4.78 is 0. The maximum atomic E-state index is 11.9. The number of carbonyl (C=O) groups is 2. The molecular weight excluding hydrogens is 230 g/mol. The third-order valence-corrected chi connectivity index (χ3v) is 3.03. The van der Waals surface area contributed by atoms with Crippen LogP contribution in [0, 0.1) is 12.3 Å². The number of nitrogens with one attached hydrogen (secondary N) is 1. The molecule has 0 aliphatic carbocycles. The lowest BCUT2D eigenvalue weighted by Gasteiger charge is -2.22. The smallest absolute Gasteiger partial charge is 0.318 e. The molecule has 1 amide bonds. The number of aliphatic carboxylic acids is 1. The number of carboxylic acids is 1. The Balaban J connectivity index is 2.76. The number of aryl methyl sites for hydroxylation is 1. The Morgan fingerprint density at radius 3 is 2.17 bits per heavy atom. The second-order valence-electron chi connectivity index (χ2n) is 5.04. The van der Waals surface area contributed by atoms with Gasteiger partial charge in [0, 0.05) is 0 Å². The molecular formula is C14H19NO3. The number of amides is 1. The van der Waals surface area contributed by atoms with Crippen molar-refractivity contribution in [3.8, 4) is 0 Å². The standard InChI is InChI=1S/C14H19NO3/c1-9-5-7-11(8-6-9)10(2)15-12(16)14(3,4)13(17)18/h5-8,10H,1-4H3,(H,15,16)(H,17,18). The number of rotatable bonds is 4. The minimum atomic E-state index is -1.42. The SMILES string of the molecule is Cc1ccc(C(C)NC(=O)C(C)(C)C(=O)O)cc1. The van der Waals surface area contributed by atoms with Crippen LogP contribution in [0.2, 0.25) is 0 Å². The van der Waals surface area contributed by atoms with Crippen LogP contribution in [0.1, 0.15) is 37.9 Å². The molecule has 4 nitrogen and oxygen atoms in total. The van der Waals surface area contributed by atoms with Crippen molar-refractivity contribution in [3.63, 3.8) is 0 Å². The molecule has 1 rings (SSSR count). The Kier molecular flexibility index (Phi) is 4.11. The first-order valence-electron chi connectivity index (χ1n) is 5.86. The van der Waals surface area contributed by atoms with Gasteiger partial charge in [-0.15, -0.1) is 0 Å². The van der Waals surface area contributed by atoms with Crippen LogP contribution in [-0.2, 0) is 9.59 Å². The highest BCUT2D eigenvalue weighted by molar-refractivity contribution is 6.01. The van der Waals surface area contributed by atoms with Crippen LogP contribution in [0.5, 0.6) is 0 Å². The van der Waals surface area contributed by atoms with Gasteiger partial charge in [0.2, 0.25) is 5.91 Å². The highest BCUT2D eigenvalue weighted by Crippen LogP contribution is 2.19. The molecule has 1 unspecified atom stereocenters. The summed E-state index contributed by atoms with van der Waals surface area (Å²) in [6.45, 7) is 6.61. The van der Waals surface area contributed by atoms with Crippen molar-refractivity contribution in [1.82, 2.24) is 5.32 Å². The summed E-state index contributed by atoms with van der Waals surface area (Å²) in [4.78, 5) is 22.8. The second kappa shape index (κ2) is 5.21. The Morgan fingerprint density at radius 1 is 1.22 bits per heavy atom. The average molecular weight is 249 g/mol. The van der Waals surface area contributed by atoms with Gasteiger partial charge in [0.25, 0.3) is 0 Å². The molecule has 1 atom stereocenters. The minimum Gasteiger partial charge on any atom is -0.480 e. The van der Waals surface area contributed by atoms with E-state index in [9.17, 15) is 9.59 Å². The van der Waals surface area contributed by atoms with E-state index in [-0.39, 0.29) is 6.04 Å². The van der Waals surface area contributed by atoms with Crippen molar-refractivity contribution in [3.05, 3.63) is 35.4 Å². The zero-order valence-corrected chi connectivity index (χ0v) is 11.2. The van der Waals surface area contributed by atoms with Gasteiger partial charge in [-0.1, -0.05) is 29.8 Å². The third kappa shape index (κ3) is 3.09. The van der Waals surface area contributed by atoms with Crippen LogP contribution >= 0.6 is 0 Å². The largest absolute Gasteiger partial charge is 0.480 e. The molecule has 4 heteroatoms. The zero-order valence-electron chi connectivity index (χ0n) is 11.2. The highest BCUT2D eigenvalue weighted by atomic mass is 16.4. The van der Waals surface area contributed by atoms with Gasteiger partial charge < -0.3 is 10.4 Å². The molecule has 0 heterocycles. The van der Waals surface area contributed by atoms with Gasteiger partial charge in [-0.05, 0) is 33.3 Å². The quantitative estimate of drug-likeness (QED) is 0.804. The minimum absolute atomic E-state index is 0.211. The normalized spacial score (nSPS) is 12.9. The number of hydrogen-bond acceptors (Lipinski definition) is 2. The lowest BCUT2D eigenvalue weighted by atomic mass is 9.92. The van der Waals surface area contributed by atoms with E-state index in [2.05, 4.69) is 5.32 Å². The zero-order chi connectivity index (χ0) is 13.9. The second-order valence-corrected chi connectivity index (χ2v) is 5.04. The summed E-state index contributed by atoms with van der Waals surface area (Å²) in [6, 6.07) is 7.56. The van der Waals surface area contributed by atoms with Crippen molar-refractivity contribution in [1.29, 1.82) is 0 Å². The topological polar surface area (TPSA) is 66.4 Å². The molecule has 1 aromatic carbocycles. The molecule has 0 aliphatic heterocycles. The fraction of sp³-hybridized carbons (Fsp3) is 0.429. The van der Waals surface area contributed by atoms with Crippen LogP contribution in [0.4, 0.5) is 0 Å². The van der Waals surface area contributed by atoms with Gasteiger partial charge in [0.05, 0.1) is 6.04 Å². The van der Waals surface area contributed by atoms with E-state index in [4.69, 9.17) is 5.11 Å². The summed E-state index contributed by atoms with van der Waals surface area (Å²) >= 11 is 0. The fourth-order valence-electron chi connectivity index (χ4n) is 1.41. The van der Waals surface area contributed by atoms with E-state index < -0.39 is 17.3 Å². The van der Waals surface area contributed by atoms with Crippen LogP contribution in [0.25, 0.3) is 0 Å². The first-order valence-corrected chi connectivity index (χ1v) is 5.86. The van der Waals surface area contributed by atoms with Crippen LogP contribution < -0.4 is 5.32 Å². The molecule has 0 saturated carbocycles. The number of hydrogen-bond donors (Lipinski definition) is 2. The third-order valence-electron chi connectivity index (χ3n) is 3.03. The van der Waals surface area contributed by atoms with Gasteiger partial charge in [0.15, 0.2) is 0 Å². The first kappa shape index (κ1) is 14.2. The predicted octanol–water partition coefficient (Wildman–Crippen LogP) is 2.28. The lowest BCUT2D eigenvalue weighted by Crippen LogP contribution is -2.43. The van der Waals surface area contributed by atoms with Crippen molar-refractivity contribution in [2.45, 2.75) is 33.7 Å². The van der Waals surface area contributed by atoms with Gasteiger partial charge in [-0.25, -0.2) is 0 Å². The molecule has 2 N–H and O–H groups in total. The Labute approximate surface area is 107 Å². The summed E-state index contributed by atoms with van der Waals surface area (Å²) in [5.41, 5.74) is 0.678. The van der Waals surface area contributed by atoms with Gasteiger partial charge in [0.1, 0.15) is 5.41 Å². The van der Waals surface area contributed by atoms with Crippen molar-refractivity contribution in [2.24, 2.45) is 5.41 Å². The molecule has 18 heavy (non-hydrogen) atoms. The van der Waals surface area contributed by atoms with E-state index in [1.54, 1.807) is 0 Å². The summed E-state index contributed by atoms with van der Waals surface area (Å²) in [7, 11) is 0. The highest BCUT2D eigenvalue weighted by Gasteiger charge is 2.36. The van der Waals surface area contributed by atoms with Crippen molar-refractivity contribution < 1.29 is 14.7 Å². The molecule has 1 aromatic rings. The maximum Gasteiger partial charge on any atom is 0.318 e.